The lowest BCUT2D eigenvalue weighted by atomic mass is 9.95. The highest BCUT2D eigenvalue weighted by molar-refractivity contribution is 6.46. The van der Waals surface area contributed by atoms with Crippen molar-refractivity contribution in [2.75, 3.05) is 26.2 Å². The molecule has 35 heavy (non-hydrogen) atoms. The van der Waals surface area contributed by atoms with Gasteiger partial charge in [-0.3, -0.25) is 9.59 Å². The van der Waals surface area contributed by atoms with Crippen LogP contribution in [0.15, 0.2) is 66.4 Å². The summed E-state index contributed by atoms with van der Waals surface area (Å²) in [4.78, 5) is 30.2. The van der Waals surface area contributed by atoms with Gasteiger partial charge < -0.3 is 14.9 Å². The van der Waals surface area contributed by atoms with E-state index in [-0.39, 0.29) is 11.3 Å². The van der Waals surface area contributed by atoms with Crippen molar-refractivity contribution in [2.24, 2.45) is 0 Å². The summed E-state index contributed by atoms with van der Waals surface area (Å²) < 4.78 is 1.69. The first-order valence-corrected chi connectivity index (χ1v) is 12.1. The molecule has 1 saturated heterocycles. The zero-order chi connectivity index (χ0) is 25.1. The SMILES string of the molecule is CCN(CC)CCN1C(=O)C(=O)C(=C(O)c2cnn(-c3ccccc3)c2C)C1c1cccc(Cl)c1. The van der Waals surface area contributed by atoms with Crippen LogP contribution in [0, 0.1) is 6.92 Å². The Morgan fingerprint density at radius 2 is 1.80 bits per heavy atom. The molecule has 3 aromatic rings. The minimum atomic E-state index is -0.747. The number of carbonyl (C=O) groups is 2. The number of hydrogen-bond donors (Lipinski definition) is 1. The predicted octanol–water partition coefficient (Wildman–Crippen LogP) is 4.60. The fraction of sp³-hybridized carbons (Fsp3) is 0.296. The molecule has 2 heterocycles. The Balaban J connectivity index is 1.82. The van der Waals surface area contributed by atoms with Crippen molar-refractivity contribution < 1.29 is 14.7 Å². The van der Waals surface area contributed by atoms with Crippen molar-refractivity contribution in [3.8, 4) is 5.69 Å². The summed E-state index contributed by atoms with van der Waals surface area (Å²) in [6.45, 7) is 8.56. The van der Waals surface area contributed by atoms with Gasteiger partial charge >= 0.3 is 0 Å². The molecule has 182 valence electrons. The van der Waals surface area contributed by atoms with Gasteiger partial charge in [0.15, 0.2) is 0 Å². The molecule has 1 aliphatic heterocycles. The van der Waals surface area contributed by atoms with Crippen LogP contribution in [0.25, 0.3) is 11.4 Å². The fourth-order valence-electron chi connectivity index (χ4n) is 4.54. The summed E-state index contributed by atoms with van der Waals surface area (Å²) in [7, 11) is 0. The number of para-hydroxylation sites is 1. The second kappa shape index (κ2) is 10.5. The first kappa shape index (κ1) is 24.7. The molecule has 1 aliphatic rings. The van der Waals surface area contributed by atoms with Crippen LogP contribution < -0.4 is 0 Å². The lowest BCUT2D eigenvalue weighted by Gasteiger charge is -2.28. The second-order valence-corrected chi connectivity index (χ2v) is 8.90. The molecular formula is C27H29ClN4O3. The molecule has 0 spiro atoms. The highest BCUT2D eigenvalue weighted by Crippen LogP contribution is 2.40. The van der Waals surface area contributed by atoms with Crippen LogP contribution in [-0.4, -0.2) is 62.6 Å². The van der Waals surface area contributed by atoms with Crippen molar-refractivity contribution >= 4 is 29.1 Å². The highest BCUT2D eigenvalue weighted by atomic mass is 35.5. The minimum absolute atomic E-state index is 0.0486. The molecule has 1 aromatic heterocycles. The number of Topliss-reactive ketones (excluding diaryl/α,β-unsaturated/α-hetero) is 1. The van der Waals surface area contributed by atoms with Crippen LogP contribution in [0.5, 0.6) is 0 Å². The minimum Gasteiger partial charge on any atom is -0.507 e. The molecule has 0 radical (unpaired) electrons. The molecule has 0 saturated carbocycles. The van der Waals surface area contributed by atoms with E-state index in [0.29, 0.717) is 34.9 Å². The number of likely N-dealkylation sites (N-methyl/N-ethyl adjacent to an activating group) is 1. The topological polar surface area (TPSA) is 78.7 Å². The monoisotopic (exact) mass is 492 g/mol. The van der Waals surface area contributed by atoms with E-state index in [1.54, 1.807) is 22.9 Å². The quantitative estimate of drug-likeness (QED) is 0.282. The van der Waals surface area contributed by atoms with Gasteiger partial charge in [0.05, 0.1) is 34.8 Å². The van der Waals surface area contributed by atoms with Crippen LogP contribution in [0.3, 0.4) is 0 Å². The summed E-state index contributed by atoms with van der Waals surface area (Å²) in [6.07, 6.45) is 1.52. The highest BCUT2D eigenvalue weighted by Gasteiger charge is 2.46. The maximum Gasteiger partial charge on any atom is 0.295 e. The summed E-state index contributed by atoms with van der Waals surface area (Å²) in [5, 5.41) is 16.3. The number of halogens is 1. The second-order valence-electron chi connectivity index (χ2n) is 8.47. The lowest BCUT2D eigenvalue weighted by molar-refractivity contribution is -0.140. The number of hydrogen-bond acceptors (Lipinski definition) is 5. The number of aliphatic hydroxyl groups excluding tert-OH is 1. The summed E-state index contributed by atoms with van der Waals surface area (Å²) in [5.41, 5.74) is 2.61. The van der Waals surface area contributed by atoms with E-state index >= 15 is 0 Å². The molecule has 4 rings (SSSR count). The van der Waals surface area contributed by atoms with Gasteiger partial charge in [-0.1, -0.05) is 55.8 Å². The van der Waals surface area contributed by atoms with Crippen molar-refractivity contribution in [1.29, 1.82) is 0 Å². The average molecular weight is 493 g/mol. The molecule has 8 heteroatoms. The van der Waals surface area contributed by atoms with E-state index in [1.165, 1.54) is 11.1 Å². The Bertz CT molecular complexity index is 1260. The van der Waals surface area contributed by atoms with Crippen LogP contribution in [0.1, 0.15) is 36.7 Å². The maximum atomic E-state index is 13.3. The van der Waals surface area contributed by atoms with Gasteiger partial charge in [-0.15, -0.1) is 0 Å². The molecule has 2 aromatic carbocycles. The Kier molecular flexibility index (Phi) is 7.38. The van der Waals surface area contributed by atoms with E-state index in [4.69, 9.17) is 11.6 Å². The van der Waals surface area contributed by atoms with Gasteiger partial charge in [0.2, 0.25) is 0 Å². The van der Waals surface area contributed by atoms with Gasteiger partial charge in [0.1, 0.15) is 5.76 Å². The molecule has 1 unspecified atom stereocenters. The number of carbonyl (C=O) groups excluding carboxylic acids is 2. The Morgan fingerprint density at radius 3 is 2.46 bits per heavy atom. The maximum absolute atomic E-state index is 13.3. The van der Waals surface area contributed by atoms with Crippen LogP contribution in [0.2, 0.25) is 5.02 Å². The third kappa shape index (κ3) is 4.74. The largest absolute Gasteiger partial charge is 0.507 e. The van der Waals surface area contributed by atoms with Crippen LogP contribution >= 0.6 is 11.6 Å². The molecule has 0 aliphatic carbocycles. The third-order valence-electron chi connectivity index (χ3n) is 6.52. The van der Waals surface area contributed by atoms with Crippen molar-refractivity contribution in [1.82, 2.24) is 19.6 Å². The number of aliphatic hydroxyl groups is 1. The van der Waals surface area contributed by atoms with Gasteiger partial charge in [0, 0.05) is 18.1 Å². The van der Waals surface area contributed by atoms with Gasteiger partial charge in [0.25, 0.3) is 11.7 Å². The molecule has 1 atom stereocenters. The zero-order valence-electron chi connectivity index (χ0n) is 20.1. The van der Waals surface area contributed by atoms with E-state index in [1.807, 2.05) is 43.3 Å². The number of rotatable bonds is 8. The molecule has 7 nitrogen and oxygen atoms in total. The van der Waals surface area contributed by atoms with Gasteiger partial charge in [-0.05, 0) is 49.8 Å². The molecule has 1 fully saturated rings. The molecule has 1 amide bonds. The molecule has 1 N–H and O–H groups in total. The first-order valence-electron chi connectivity index (χ1n) is 11.7. The van der Waals surface area contributed by atoms with Crippen LogP contribution in [-0.2, 0) is 9.59 Å². The Morgan fingerprint density at radius 1 is 1.09 bits per heavy atom. The number of benzene rings is 2. The van der Waals surface area contributed by atoms with E-state index in [0.717, 1.165) is 18.8 Å². The number of likely N-dealkylation sites (tertiary alicyclic amines) is 1. The summed E-state index contributed by atoms with van der Waals surface area (Å²) >= 11 is 6.27. The Labute approximate surface area is 210 Å². The molecule has 0 bridgehead atoms. The van der Waals surface area contributed by atoms with E-state index in [9.17, 15) is 14.7 Å². The summed E-state index contributed by atoms with van der Waals surface area (Å²) in [5.74, 6) is -1.57. The van der Waals surface area contributed by atoms with Crippen molar-refractivity contribution in [3.05, 3.63) is 88.2 Å². The summed E-state index contributed by atoms with van der Waals surface area (Å²) in [6, 6.07) is 15.8. The van der Waals surface area contributed by atoms with E-state index < -0.39 is 17.7 Å². The number of amides is 1. The number of ketones is 1. The van der Waals surface area contributed by atoms with Gasteiger partial charge in [-0.25, -0.2) is 4.68 Å². The number of nitrogens with zero attached hydrogens (tertiary/aromatic N) is 4. The van der Waals surface area contributed by atoms with E-state index in [2.05, 4.69) is 23.8 Å². The average Bonchev–Trinajstić information content (AvgIpc) is 3.37. The Hall–Kier alpha value is -3.42. The zero-order valence-corrected chi connectivity index (χ0v) is 20.9. The van der Waals surface area contributed by atoms with Crippen molar-refractivity contribution in [3.63, 3.8) is 0 Å². The fourth-order valence-corrected chi connectivity index (χ4v) is 4.74. The van der Waals surface area contributed by atoms with Gasteiger partial charge in [-0.2, -0.15) is 5.10 Å². The van der Waals surface area contributed by atoms with Crippen molar-refractivity contribution in [2.45, 2.75) is 26.8 Å². The normalized spacial score (nSPS) is 17.5. The third-order valence-corrected chi connectivity index (χ3v) is 6.76. The van der Waals surface area contributed by atoms with Crippen LogP contribution in [0.4, 0.5) is 0 Å². The number of aromatic nitrogens is 2. The smallest absolute Gasteiger partial charge is 0.295 e. The lowest BCUT2D eigenvalue weighted by Crippen LogP contribution is -2.38. The molecular weight excluding hydrogens is 464 g/mol. The predicted molar refractivity (Wildman–Crippen MR) is 137 cm³/mol. The first-order chi connectivity index (χ1) is 16.9. The standard InChI is InChI=1S/C27H29ClN4O3/c1-4-30(5-2)14-15-31-24(19-10-9-11-20(28)16-19)23(26(34)27(31)35)25(33)22-17-29-32(18(22)3)21-12-7-6-8-13-21/h6-13,16-17,24,33H,4-5,14-15H2,1-3H3.